The van der Waals surface area contributed by atoms with Crippen molar-refractivity contribution in [1.82, 2.24) is 0 Å². The Hall–Kier alpha value is -1.23. The van der Waals surface area contributed by atoms with E-state index in [2.05, 4.69) is 35.6 Å². The van der Waals surface area contributed by atoms with Gasteiger partial charge in [0.05, 0.1) is 20.2 Å². The summed E-state index contributed by atoms with van der Waals surface area (Å²) in [4.78, 5) is 13.1. The van der Waals surface area contributed by atoms with Gasteiger partial charge in [0.15, 0.2) is 6.54 Å². The van der Waals surface area contributed by atoms with Gasteiger partial charge in [0, 0.05) is 44.0 Å². The van der Waals surface area contributed by atoms with Crippen molar-refractivity contribution in [1.29, 1.82) is 0 Å². The molecule has 1 aliphatic heterocycles. The van der Waals surface area contributed by atoms with Crippen LogP contribution < -0.4 is 10.1 Å². The Morgan fingerprint density at radius 2 is 1.59 bits per heavy atom. The van der Waals surface area contributed by atoms with Crippen molar-refractivity contribution < 1.29 is 46.7 Å². The number of benzene rings is 2. The summed E-state index contributed by atoms with van der Waals surface area (Å²) in [6, 6.07) is 14.5. The van der Waals surface area contributed by atoms with Crippen LogP contribution in [0.5, 0.6) is 5.75 Å². The normalized spacial score (nSPS) is 15.7. The molecule has 0 saturated carbocycles. The van der Waals surface area contributed by atoms with Gasteiger partial charge in [0.2, 0.25) is 0 Å². The molecule has 0 unspecified atom stereocenters. The molecule has 1 fully saturated rings. The minimum atomic E-state index is 0. The Morgan fingerprint density at radius 1 is 1.00 bits per heavy atom. The van der Waals surface area contributed by atoms with Gasteiger partial charge in [-0.05, 0) is 62.8 Å². The zero-order valence-corrected chi connectivity index (χ0v) is 20.9. The summed E-state index contributed by atoms with van der Waals surface area (Å²) in [5, 5.41) is 3.20. The van der Waals surface area contributed by atoms with Crippen molar-refractivity contribution in [2.45, 2.75) is 46.1 Å². The second-order valence-electron chi connectivity index (χ2n) is 8.19. The van der Waals surface area contributed by atoms with E-state index in [0.29, 0.717) is 6.54 Å². The van der Waals surface area contributed by atoms with E-state index in [4.69, 9.17) is 4.74 Å². The van der Waals surface area contributed by atoms with Gasteiger partial charge in [-0.25, -0.2) is 0 Å². The van der Waals surface area contributed by atoms with Crippen molar-refractivity contribution >= 4 is 11.6 Å². The molecule has 0 bridgehead atoms. The van der Waals surface area contributed by atoms with Gasteiger partial charge >= 0.3 is 0 Å². The van der Waals surface area contributed by atoms with Gasteiger partial charge in [-0.1, -0.05) is 30.3 Å². The van der Waals surface area contributed by atoms with Gasteiger partial charge < -0.3 is 14.5 Å². The predicted molar refractivity (Wildman–Crippen MR) is 115 cm³/mol. The Bertz CT molecular complexity index is 777. The van der Waals surface area contributed by atoms with Gasteiger partial charge in [-0.3, -0.25) is 4.79 Å². The fourth-order valence-corrected chi connectivity index (χ4v) is 4.43. The summed E-state index contributed by atoms with van der Waals surface area (Å²) >= 11 is 0. The van der Waals surface area contributed by atoms with E-state index in [1.54, 1.807) is 7.11 Å². The van der Waals surface area contributed by atoms with Crippen LogP contribution in [0.2, 0.25) is 0 Å². The van der Waals surface area contributed by atoms with Gasteiger partial charge in [-0.2, -0.15) is 0 Å². The number of quaternary nitrogens is 1. The Morgan fingerprint density at radius 3 is 2.14 bits per heavy atom. The maximum absolute atomic E-state index is 13.1. The van der Waals surface area contributed by atoms with Crippen molar-refractivity contribution in [2.24, 2.45) is 0 Å². The van der Waals surface area contributed by atoms with Crippen LogP contribution in [0.4, 0.5) is 5.69 Å². The number of rotatable bonds is 6. The smallest absolute Gasteiger partial charge is 0.279 e. The number of nitrogens with one attached hydrogen (secondary N) is 1. The fourth-order valence-electron chi connectivity index (χ4n) is 4.43. The van der Waals surface area contributed by atoms with Crippen LogP contribution in [0, 0.1) is 13.8 Å². The maximum atomic E-state index is 13.1. The first-order valence-corrected chi connectivity index (χ1v) is 10.4. The minimum Gasteiger partial charge on any atom is -0.497 e. The number of carbonyl (C=O) groups is 1. The molecule has 3 rings (SSSR count). The Kier molecular flexibility index (Phi) is 9.32. The zero-order valence-electron chi connectivity index (χ0n) is 18.0. The molecule has 2 aromatic rings. The van der Waals surface area contributed by atoms with Gasteiger partial charge in [0.25, 0.3) is 5.91 Å². The summed E-state index contributed by atoms with van der Waals surface area (Å²) in [6.07, 6.45) is 4.93. The molecule has 0 spiro atoms. The molecular weight excluding hydrogens is 437 g/mol. The van der Waals surface area contributed by atoms with E-state index in [-0.39, 0.29) is 38.6 Å². The molecular formula is C24H33N2O2Y+. The number of carbonyl (C=O) groups excluding carboxylic acids is 1. The fraction of sp³-hybridized carbons (Fsp3) is 0.458. The SMILES string of the molecule is COc1cc(C)c(NC(=O)C[N+]2(Cc3ccccc3)CCCCCC2)c(C)c1.[Y]. The number of methoxy groups -OCH3 is 1. The summed E-state index contributed by atoms with van der Waals surface area (Å²) in [7, 11) is 1.67. The number of ether oxygens (including phenoxy) is 1. The number of hydrogen-bond donors (Lipinski definition) is 1. The third-order valence-electron chi connectivity index (χ3n) is 5.86. The van der Waals surface area contributed by atoms with Crippen LogP contribution in [-0.2, 0) is 44.0 Å². The molecule has 0 atom stereocenters. The van der Waals surface area contributed by atoms with E-state index in [1.165, 1.54) is 31.2 Å². The summed E-state index contributed by atoms with van der Waals surface area (Å²) in [5.41, 5.74) is 4.30. The molecule has 1 amide bonds. The molecule has 1 saturated heterocycles. The zero-order chi connectivity index (χ0) is 20.0. The molecule has 2 aromatic carbocycles. The molecule has 153 valence electrons. The van der Waals surface area contributed by atoms with E-state index in [1.807, 2.05) is 26.0 Å². The van der Waals surface area contributed by atoms with E-state index in [9.17, 15) is 4.79 Å². The van der Waals surface area contributed by atoms with E-state index < -0.39 is 0 Å². The third kappa shape index (κ3) is 6.63. The van der Waals surface area contributed by atoms with Crippen LogP contribution in [-0.4, -0.2) is 37.1 Å². The molecule has 1 N–H and O–H groups in total. The van der Waals surface area contributed by atoms with Crippen molar-refractivity contribution in [3.8, 4) is 5.75 Å². The summed E-state index contributed by atoms with van der Waals surface area (Å²) in [5.74, 6) is 0.933. The monoisotopic (exact) mass is 470 g/mol. The summed E-state index contributed by atoms with van der Waals surface area (Å²) < 4.78 is 6.19. The molecule has 1 radical (unpaired) electrons. The van der Waals surface area contributed by atoms with Crippen LogP contribution in [0.25, 0.3) is 0 Å². The average molecular weight is 470 g/mol. The van der Waals surface area contributed by atoms with Crippen LogP contribution in [0.1, 0.15) is 42.4 Å². The number of likely N-dealkylation sites (tertiary alicyclic amines) is 1. The van der Waals surface area contributed by atoms with Crippen molar-refractivity contribution in [2.75, 3.05) is 32.1 Å². The first kappa shape index (κ1) is 24.0. The van der Waals surface area contributed by atoms with E-state index in [0.717, 1.165) is 46.7 Å². The molecule has 1 aliphatic rings. The van der Waals surface area contributed by atoms with Crippen LogP contribution in [0.3, 0.4) is 0 Å². The number of amides is 1. The molecule has 29 heavy (non-hydrogen) atoms. The van der Waals surface area contributed by atoms with Crippen molar-refractivity contribution in [3.05, 3.63) is 59.2 Å². The van der Waals surface area contributed by atoms with E-state index >= 15 is 0 Å². The predicted octanol–water partition coefficient (Wildman–Crippen LogP) is 4.84. The number of nitrogens with zero attached hydrogens (tertiary/aromatic N) is 1. The minimum absolute atomic E-state index is 0. The van der Waals surface area contributed by atoms with Crippen LogP contribution in [0.15, 0.2) is 42.5 Å². The molecule has 0 aliphatic carbocycles. The Labute approximate surface area is 200 Å². The molecule has 5 heteroatoms. The topological polar surface area (TPSA) is 38.3 Å². The second-order valence-corrected chi connectivity index (χ2v) is 8.19. The Balaban J connectivity index is 0.00000300. The molecule has 0 aromatic heterocycles. The number of aryl methyl sites for hydroxylation is 2. The summed E-state index contributed by atoms with van der Waals surface area (Å²) in [6.45, 7) is 7.64. The first-order valence-electron chi connectivity index (χ1n) is 10.4. The maximum Gasteiger partial charge on any atom is 0.279 e. The molecule has 4 nitrogen and oxygen atoms in total. The van der Waals surface area contributed by atoms with Crippen molar-refractivity contribution in [3.63, 3.8) is 0 Å². The number of hydrogen-bond acceptors (Lipinski definition) is 2. The first-order chi connectivity index (χ1) is 13.5. The second kappa shape index (κ2) is 11.2. The molecule has 1 heterocycles. The average Bonchev–Trinajstić information content (AvgIpc) is 2.90. The quantitative estimate of drug-likeness (QED) is 0.614. The standard InChI is InChI=1S/C24H32N2O2.Y/c1-19-15-22(28-3)16-20(2)24(19)25-23(27)18-26(13-9-4-5-10-14-26)17-21-11-7-6-8-12-21;/h6-8,11-12,15-16H,4-5,9-10,13-14,17-18H2,1-3H3;/p+1. The number of anilines is 1. The van der Waals surface area contributed by atoms with Gasteiger partial charge in [-0.15, -0.1) is 0 Å². The largest absolute Gasteiger partial charge is 0.497 e. The van der Waals surface area contributed by atoms with Crippen LogP contribution >= 0.6 is 0 Å². The third-order valence-corrected chi connectivity index (χ3v) is 5.86. The van der Waals surface area contributed by atoms with Gasteiger partial charge in [0.1, 0.15) is 12.3 Å².